The van der Waals surface area contributed by atoms with Gasteiger partial charge in [0.05, 0.1) is 19.3 Å². The second kappa shape index (κ2) is 14.0. The van der Waals surface area contributed by atoms with Crippen LogP contribution in [0, 0.1) is 5.92 Å². The minimum absolute atomic E-state index is 0. The number of aliphatic hydroxyl groups is 1. The first-order valence-corrected chi connectivity index (χ1v) is 11.1. The molecule has 1 aromatic rings. The summed E-state index contributed by atoms with van der Waals surface area (Å²) in [5, 5.41) is 16.8. The van der Waals surface area contributed by atoms with E-state index in [2.05, 4.69) is 25.3 Å². The Morgan fingerprint density at radius 1 is 1.25 bits per heavy atom. The van der Waals surface area contributed by atoms with E-state index >= 15 is 0 Å². The summed E-state index contributed by atoms with van der Waals surface area (Å²) in [7, 11) is 0. The average Bonchev–Trinajstić information content (AvgIpc) is 3.57. The maximum absolute atomic E-state index is 12.3. The van der Waals surface area contributed by atoms with Gasteiger partial charge in [-0.15, -0.1) is 24.0 Å². The Bertz CT molecular complexity index is 692. The lowest BCUT2D eigenvalue weighted by Crippen LogP contribution is -2.51. The lowest BCUT2D eigenvalue weighted by Gasteiger charge is -2.35. The lowest BCUT2D eigenvalue weighted by atomic mass is 10.0. The molecule has 10 heteroatoms. The number of ether oxygens (including phenoxy) is 2. The predicted molar refractivity (Wildman–Crippen MR) is 132 cm³/mol. The van der Waals surface area contributed by atoms with Crippen LogP contribution in [0.4, 0.5) is 14.5 Å². The van der Waals surface area contributed by atoms with Crippen molar-refractivity contribution in [3.05, 3.63) is 24.3 Å². The van der Waals surface area contributed by atoms with Crippen LogP contribution in [-0.2, 0) is 4.74 Å². The number of nitrogens with zero attached hydrogens (tertiary/aromatic N) is 2. The van der Waals surface area contributed by atoms with Crippen molar-refractivity contribution in [2.45, 2.75) is 51.4 Å². The summed E-state index contributed by atoms with van der Waals surface area (Å²) in [6.07, 6.45) is 3.85. The first-order valence-electron chi connectivity index (χ1n) is 11.1. The number of piperidine rings is 1. The van der Waals surface area contributed by atoms with Gasteiger partial charge in [0, 0.05) is 38.0 Å². The van der Waals surface area contributed by atoms with Crippen molar-refractivity contribution in [3.8, 4) is 5.75 Å². The number of hydrogen-bond acceptors (Lipinski definition) is 5. The normalized spacial score (nSPS) is 20.0. The summed E-state index contributed by atoms with van der Waals surface area (Å²) in [6, 6.07) is 6.93. The lowest BCUT2D eigenvalue weighted by molar-refractivity contribution is -0.0498. The third-order valence-electron chi connectivity index (χ3n) is 5.35. The van der Waals surface area contributed by atoms with Gasteiger partial charge in [-0.25, -0.2) is 0 Å². The molecule has 3 rings (SSSR count). The van der Waals surface area contributed by atoms with Crippen molar-refractivity contribution in [1.82, 2.24) is 10.6 Å². The van der Waals surface area contributed by atoms with Crippen molar-refractivity contribution in [2.24, 2.45) is 10.9 Å². The molecular formula is C22H35F2IN4O3. The van der Waals surface area contributed by atoms with Gasteiger partial charge in [-0.3, -0.25) is 4.99 Å². The van der Waals surface area contributed by atoms with Gasteiger partial charge in [0.2, 0.25) is 0 Å². The molecule has 0 amide bonds. The number of benzene rings is 1. The van der Waals surface area contributed by atoms with E-state index in [1.807, 2.05) is 6.92 Å². The number of nitrogens with one attached hydrogen (secondary N) is 2. The molecule has 1 aliphatic carbocycles. The van der Waals surface area contributed by atoms with Crippen LogP contribution in [0.15, 0.2) is 29.3 Å². The smallest absolute Gasteiger partial charge is 0.387 e. The summed E-state index contributed by atoms with van der Waals surface area (Å²) in [5.41, 5.74) is 0.971. The zero-order valence-electron chi connectivity index (χ0n) is 18.5. The average molecular weight is 568 g/mol. The fourth-order valence-electron chi connectivity index (χ4n) is 3.59. The molecule has 7 nitrogen and oxygen atoms in total. The van der Waals surface area contributed by atoms with Crippen molar-refractivity contribution in [1.29, 1.82) is 0 Å². The third-order valence-corrected chi connectivity index (χ3v) is 5.35. The second-order valence-corrected chi connectivity index (χ2v) is 8.16. The van der Waals surface area contributed by atoms with Crippen LogP contribution in [0.5, 0.6) is 5.75 Å². The van der Waals surface area contributed by atoms with E-state index in [1.165, 1.54) is 12.8 Å². The van der Waals surface area contributed by atoms with Crippen molar-refractivity contribution in [2.75, 3.05) is 44.3 Å². The molecule has 2 atom stereocenters. The highest BCUT2D eigenvalue weighted by Gasteiger charge is 2.22. The molecule has 1 aliphatic heterocycles. The molecule has 2 aliphatic rings. The molecule has 0 bridgehead atoms. The van der Waals surface area contributed by atoms with Crippen LogP contribution in [0.2, 0.25) is 0 Å². The fourth-order valence-corrected chi connectivity index (χ4v) is 3.59. The van der Waals surface area contributed by atoms with Crippen LogP contribution in [-0.4, -0.2) is 69.2 Å². The van der Waals surface area contributed by atoms with Crippen molar-refractivity contribution in [3.63, 3.8) is 0 Å². The van der Waals surface area contributed by atoms with Gasteiger partial charge in [0.1, 0.15) is 5.75 Å². The highest BCUT2D eigenvalue weighted by atomic mass is 127. The SMILES string of the molecule is CCNC(=NCC(O)COCC1CC1)NC1CCCN(c2ccc(OC(F)F)cc2)C1.I. The molecule has 0 aromatic heterocycles. The zero-order chi connectivity index (χ0) is 22.1. The van der Waals surface area contributed by atoms with Crippen molar-refractivity contribution >= 4 is 35.6 Å². The van der Waals surface area contributed by atoms with Gasteiger partial charge in [-0.05, 0) is 62.8 Å². The fraction of sp³-hybridized carbons (Fsp3) is 0.682. The quantitative estimate of drug-likeness (QED) is 0.216. The summed E-state index contributed by atoms with van der Waals surface area (Å²) < 4.78 is 34.6. The van der Waals surface area contributed by atoms with Crippen LogP contribution < -0.4 is 20.3 Å². The predicted octanol–water partition coefficient (Wildman–Crippen LogP) is 3.22. The Labute approximate surface area is 206 Å². The highest BCUT2D eigenvalue weighted by molar-refractivity contribution is 14.0. The number of hydrogen-bond donors (Lipinski definition) is 3. The number of guanidine groups is 1. The van der Waals surface area contributed by atoms with Crippen LogP contribution in [0.3, 0.4) is 0 Å². The zero-order valence-corrected chi connectivity index (χ0v) is 20.8. The molecule has 1 aromatic carbocycles. The Hall–Kier alpha value is -1.40. The topological polar surface area (TPSA) is 78.4 Å². The summed E-state index contributed by atoms with van der Waals surface area (Å²) >= 11 is 0. The molecule has 3 N–H and O–H groups in total. The van der Waals surface area contributed by atoms with Gasteiger partial charge in [-0.1, -0.05) is 0 Å². The Morgan fingerprint density at radius 3 is 2.66 bits per heavy atom. The molecule has 0 radical (unpaired) electrons. The Morgan fingerprint density at radius 2 is 2.00 bits per heavy atom. The molecule has 0 spiro atoms. The molecule has 1 saturated heterocycles. The Kier molecular flexibility index (Phi) is 11.7. The van der Waals surface area contributed by atoms with E-state index in [0.29, 0.717) is 18.5 Å². The second-order valence-electron chi connectivity index (χ2n) is 8.16. The van der Waals surface area contributed by atoms with Crippen LogP contribution in [0.1, 0.15) is 32.6 Å². The molecule has 2 unspecified atom stereocenters. The van der Waals surface area contributed by atoms with Gasteiger partial charge >= 0.3 is 6.61 Å². The van der Waals surface area contributed by atoms with Gasteiger partial charge in [0.15, 0.2) is 5.96 Å². The summed E-state index contributed by atoms with van der Waals surface area (Å²) in [6.45, 7) is 2.90. The summed E-state index contributed by atoms with van der Waals surface area (Å²) in [5.74, 6) is 1.51. The molecule has 1 heterocycles. The van der Waals surface area contributed by atoms with E-state index in [1.54, 1.807) is 24.3 Å². The first-order chi connectivity index (χ1) is 15.0. The number of halogens is 3. The van der Waals surface area contributed by atoms with E-state index in [0.717, 1.165) is 44.8 Å². The number of aliphatic hydroxyl groups excluding tert-OH is 1. The number of anilines is 1. The molecule has 182 valence electrons. The number of alkyl halides is 2. The third kappa shape index (κ3) is 9.62. The molecule has 2 fully saturated rings. The molecular weight excluding hydrogens is 533 g/mol. The van der Waals surface area contributed by atoms with E-state index < -0.39 is 12.7 Å². The maximum Gasteiger partial charge on any atom is 0.387 e. The summed E-state index contributed by atoms with van der Waals surface area (Å²) in [4.78, 5) is 6.74. The van der Waals surface area contributed by atoms with Crippen LogP contribution in [0.25, 0.3) is 0 Å². The number of aliphatic imine (C=N–C) groups is 1. The molecule has 32 heavy (non-hydrogen) atoms. The van der Waals surface area contributed by atoms with E-state index in [-0.39, 0.29) is 42.3 Å². The molecule has 1 saturated carbocycles. The van der Waals surface area contributed by atoms with Gasteiger partial charge in [-0.2, -0.15) is 8.78 Å². The van der Waals surface area contributed by atoms with Gasteiger partial charge < -0.3 is 30.1 Å². The maximum atomic E-state index is 12.3. The monoisotopic (exact) mass is 568 g/mol. The van der Waals surface area contributed by atoms with E-state index in [4.69, 9.17) is 4.74 Å². The minimum atomic E-state index is -2.82. The minimum Gasteiger partial charge on any atom is -0.435 e. The largest absolute Gasteiger partial charge is 0.435 e. The first kappa shape index (κ1) is 26.8. The standard InChI is InChI=1S/C22H34F2N4O3.HI/c1-2-25-22(26-12-19(29)15-30-14-16-5-6-16)27-17-4-3-11-28(13-17)18-7-9-20(10-8-18)31-21(23)24;/h7-10,16-17,19,21,29H,2-6,11-15H2,1H3,(H2,25,26,27);1H. The highest BCUT2D eigenvalue weighted by Crippen LogP contribution is 2.28. The van der Waals surface area contributed by atoms with Crippen LogP contribution >= 0.6 is 24.0 Å². The Balaban J connectivity index is 0.00000363. The van der Waals surface area contributed by atoms with Gasteiger partial charge in [0.25, 0.3) is 0 Å². The van der Waals surface area contributed by atoms with Crippen molar-refractivity contribution < 1.29 is 23.4 Å². The number of rotatable bonds is 11. The van der Waals surface area contributed by atoms with E-state index in [9.17, 15) is 13.9 Å².